The van der Waals surface area contributed by atoms with Crippen molar-refractivity contribution < 1.29 is 9.47 Å². The Balaban J connectivity index is 1.85. The van der Waals surface area contributed by atoms with Crippen LogP contribution in [0.5, 0.6) is 11.5 Å². The SMILES string of the molecule is COc1ccc(-c2nc(-c3cccc(C)n3)sc2-c2ccc(OC)cc2)cc1. The van der Waals surface area contributed by atoms with E-state index in [-0.39, 0.29) is 0 Å². The molecule has 0 radical (unpaired) electrons. The van der Waals surface area contributed by atoms with Crippen molar-refractivity contribution in [3.8, 4) is 43.9 Å². The summed E-state index contributed by atoms with van der Waals surface area (Å²) >= 11 is 1.65. The number of aryl methyl sites for hydroxylation is 1. The quantitative estimate of drug-likeness (QED) is 0.429. The first-order chi connectivity index (χ1) is 13.7. The molecule has 0 atom stereocenters. The van der Waals surface area contributed by atoms with Crippen LogP contribution in [0.15, 0.2) is 66.7 Å². The standard InChI is InChI=1S/C23H20N2O2S/c1-15-5-4-6-20(24-15)23-25-21(16-7-11-18(26-2)12-8-16)22(28-23)17-9-13-19(27-3)14-10-17/h4-14H,1-3H3. The molecule has 4 rings (SSSR count). The number of benzene rings is 2. The number of nitrogens with zero attached hydrogens (tertiary/aromatic N) is 2. The van der Waals surface area contributed by atoms with Crippen LogP contribution in [0.4, 0.5) is 0 Å². The molecule has 0 aliphatic heterocycles. The molecule has 0 aliphatic rings. The highest BCUT2D eigenvalue weighted by atomic mass is 32.1. The van der Waals surface area contributed by atoms with Crippen LogP contribution in [0.2, 0.25) is 0 Å². The van der Waals surface area contributed by atoms with Gasteiger partial charge in [0.1, 0.15) is 16.5 Å². The first-order valence-electron chi connectivity index (χ1n) is 8.91. The summed E-state index contributed by atoms with van der Waals surface area (Å²) in [5.74, 6) is 1.66. The van der Waals surface area contributed by atoms with Crippen molar-refractivity contribution in [1.82, 2.24) is 9.97 Å². The van der Waals surface area contributed by atoms with Crippen molar-refractivity contribution in [1.29, 1.82) is 0 Å². The molecule has 2 heterocycles. The summed E-state index contributed by atoms with van der Waals surface area (Å²) in [5.41, 5.74) is 4.95. The molecule has 2 aromatic carbocycles. The van der Waals surface area contributed by atoms with Crippen LogP contribution in [0.3, 0.4) is 0 Å². The monoisotopic (exact) mass is 388 g/mol. The predicted octanol–water partition coefficient (Wildman–Crippen LogP) is 5.86. The third kappa shape index (κ3) is 3.62. The van der Waals surface area contributed by atoms with Crippen LogP contribution < -0.4 is 9.47 Å². The van der Waals surface area contributed by atoms with Gasteiger partial charge in [-0.1, -0.05) is 6.07 Å². The Morgan fingerprint density at radius 3 is 1.89 bits per heavy atom. The Morgan fingerprint density at radius 2 is 1.32 bits per heavy atom. The van der Waals surface area contributed by atoms with Gasteiger partial charge in [0.25, 0.3) is 0 Å². The fourth-order valence-electron chi connectivity index (χ4n) is 2.97. The summed E-state index contributed by atoms with van der Waals surface area (Å²) in [5, 5.41) is 0.903. The van der Waals surface area contributed by atoms with E-state index < -0.39 is 0 Å². The minimum atomic E-state index is 0.825. The number of hydrogen-bond donors (Lipinski definition) is 0. The maximum atomic E-state index is 5.30. The van der Waals surface area contributed by atoms with Gasteiger partial charge < -0.3 is 9.47 Å². The van der Waals surface area contributed by atoms with E-state index in [2.05, 4.69) is 17.1 Å². The molecule has 0 N–H and O–H groups in total. The zero-order valence-corrected chi connectivity index (χ0v) is 16.8. The van der Waals surface area contributed by atoms with Gasteiger partial charge in [-0.25, -0.2) is 4.98 Å². The molecule has 140 valence electrons. The molecular weight excluding hydrogens is 368 g/mol. The van der Waals surface area contributed by atoms with E-state index in [4.69, 9.17) is 14.5 Å². The summed E-state index contributed by atoms with van der Waals surface area (Å²) in [7, 11) is 3.34. The highest BCUT2D eigenvalue weighted by Crippen LogP contribution is 2.40. The average molecular weight is 388 g/mol. The van der Waals surface area contributed by atoms with Gasteiger partial charge in [-0.15, -0.1) is 11.3 Å². The van der Waals surface area contributed by atoms with Crippen molar-refractivity contribution in [2.45, 2.75) is 6.92 Å². The van der Waals surface area contributed by atoms with Crippen molar-refractivity contribution in [3.63, 3.8) is 0 Å². The Bertz CT molecular complexity index is 1020. The number of rotatable bonds is 5. The van der Waals surface area contributed by atoms with Crippen LogP contribution in [-0.2, 0) is 0 Å². The first-order valence-corrected chi connectivity index (χ1v) is 9.73. The van der Waals surface area contributed by atoms with Gasteiger partial charge in [-0.2, -0.15) is 0 Å². The van der Waals surface area contributed by atoms with Gasteiger partial charge in [0, 0.05) is 11.3 Å². The van der Waals surface area contributed by atoms with Gasteiger partial charge in [-0.3, -0.25) is 4.98 Å². The number of methoxy groups -OCH3 is 2. The topological polar surface area (TPSA) is 44.2 Å². The summed E-state index contributed by atoms with van der Waals surface area (Å²) < 4.78 is 10.6. The zero-order valence-electron chi connectivity index (χ0n) is 16.0. The van der Waals surface area contributed by atoms with Crippen molar-refractivity contribution in [3.05, 3.63) is 72.4 Å². The normalized spacial score (nSPS) is 10.7. The second-order valence-corrected chi connectivity index (χ2v) is 7.32. The lowest BCUT2D eigenvalue weighted by Gasteiger charge is -2.05. The summed E-state index contributed by atoms with van der Waals surface area (Å²) in [4.78, 5) is 10.7. The lowest BCUT2D eigenvalue weighted by molar-refractivity contribution is 0.414. The number of aromatic nitrogens is 2. The van der Waals surface area contributed by atoms with Gasteiger partial charge in [0.05, 0.1) is 30.5 Å². The summed E-state index contributed by atoms with van der Waals surface area (Å²) in [6.07, 6.45) is 0. The smallest absolute Gasteiger partial charge is 0.143 e. The van der Waals surface area contributed by atoms with Crippen LogP contribution in [0, 0.1) is 6.92 Å². The average Bonchev–Trinajstić information content (AvgIpc) is 3.19. The van der Waals surface area contributed by atoms with Crippen molar-refractivity contribution >= 4 is 11.3 Å². The van der Waals surface area contributed by atoms with Crippen LogP contribution in [-0.4, -0.2) is 24.2 Å². The van der Waals surface area contributed by atoms with Crippen LogP contribution in [0.1, 0.15) is 5.69 Å². The lowest BCUT2D eigenvalue weighted by Crippen LogP contribution is -1.87. The molecule has 0 bridgehead atoms. The molecular formula is C23H20N2O2S. The first kappa shape index (κ1) is 18.2. The molecule has 0 fully saturated rings. The number of ether oxygens (including phenoxy) is 2. The molecule has 28 heavy (non-hydrogen) atoms. The zero-order chi connectivity index (χ0) is 19.5. The Hall–Kier alpha value is -3.18. The maximum Gasteiger partial charge on any atom is 0.143 e. The molecule has 0 saturated heterocycles. The molecule has 2 aromatic heterocycles. The summed E-state index contributed by atoms with van der Waals surface area (Å²) in [6, 6.07) is 22.1. The maximum absolute atomic E-state index is 5.30. The van der Waals surface area contributed by atoms with Gasteiger partial charge in [-0.05, 0) is 73.2 Å². The fourth-order valence-corrected chi connectivity index (χ4v) is 4.04. The van der Waals surface area contributed by atoms with Crippen molar-refractivity contribution in [2.24, 2.45) is 0 Å². The lowest BCUT2D eigenvalue weighted by atomic mass is 10.1. The minimum Gasteiger partial charge on any atom is -0.497 e. The molecule has 0 amide bonds. The van der Waals surface area contributed by atoms with E-state index >= 15 is 0 Å². The second kappa shape index (κ2) is 7.82. The largest absolute Gasteiger partial charge is 0.497 e. The Kier molecular flexibility index (Phi) is 5.08. The van der Waals surface area contributed by atoms with Gasteiger partial charge >= 0.3 is 0 Å². The highest BCUT2D eigenvalue weighted by molar-refractivity contribution is 7.18. The third-order valence-electron chi connectivity index (χ3n) is 4.45. The van der Waals surface area contributed by atoms with E-state index in [9.17, 15) is 0 Å². The number of thiazole rings is 1. The van der Waals surface area contributed by atoms with E-state index in [0.29, 0.717) is 0 Å². The van der Waals surface area contributed by atoms with E-state index in [1.54, 1.807) is 25.6 Å². The van der Waals surface area contributed by atoms with Crippen LogP contribution >= 0.6 is 11.3 Å². The van der Waals surface area contributed by atoms with Crippen molar-refractivity contribution in [2.75, 3.05) is 14.2 Å². The molecule has 5 heteroatoms. The minimum absolute atomic E-state index is 0.825. The molecule has 0 saturated carbocycles. The van der Waals surface area contributed by atoms with E-state index in [1.807, 2.05) is 61.5 Å². The summed E-state index contributed by atoms with van der Waals surface area (Å²) in [6.45, 7) is 1.99. The van der Waals surface area contributed by atoms with Gasteiger partial charge in [0.2, 0.25) is 0 Å². The number of hydrogen-bond acceptors (Lipinski definition) is 5. The number of pyridine rings is 1. The van der Waals surface area contributed by atoms with E-state index in [1.165, 1.54) is 0 Å². The molecule has 0 aliphatic carbocycles. The van der Waals surface area contributed by atoms with Crippen LogP contribution in [0.25, 0.3) is 32.4 Å². The Morgan fingerprint density at radius 1 is 0.714 bits per heavy atom. The molecule has 0 spiro atoms. The fraction of sp³-hybridized carbons (Fsp3) is 0.130. The predicted molar refractivity (Wildman–Crippen MR) is 114 cm³/mol. The van der Waals surface area contributed by atoms with E-state index in [0.717, 1.165) is 49.6 Å². The third-order valence-corrected chi connectivity index (χ3v) is 5.58. The molecule has 0 unspecified atom stereocenters. The van der Waals surface area contributed by atoms with Gasteiger partial charge in [0.15, 0.2) is 0 Å². The second-order valence-electron chi connectivity index (χ2n) is 6.32. The molecule has 4 aromatic rings. The highest BCUT2D eigenvalue weighted by Gasteiger charge is 2.17. The molecule has 4 nitrogen and oxygen atoms in total. The Labute approximate surface area is 168 Å².